The van der Waals surface area contributed by atoms with Crippen molar-refractivity contribution in [3.8, 4) is 0 Å². The zero-order valence-corrected chi connectivity index (χ0v) is 11.1. The Morgan fingerprint density at radius 1 is 1.62 bits per heavy atom. The Kier molecular flexibility index (Phi) is 4.82. The average Bonchev–Trinajstić information content (AvgIpc) is 2.34. The van der Waals surface area contributed by atoms with Crippen LogP contribution in [-0.2, 0) is 0 Å². The molecule has 1 rings (SSSR count). The van der Waals surface area contributed by atoms with Crippen molar-refractivity contribution >= 4 is 41.1 Å². The fourth-order valence-electron chi connectivity index (χ4n) is 1.37. The van der Waals surface area contributed by atoms with Crippen molar-refractivity contribution in [2.45, 2.75) is 25.3 Å². The van der Waals surface area contributed by atoms with Gasteiger partial charge < -0.3 is 0 Å². The maximum atomic E-state index is 4.49. The molecule has 0 saturated heterocycles. The number of nitrogens with zero attached hydrogens (tertiary/aromatic N) is 3. The molecule has 0 N–H and O–H groups in total. The zero-order chi connectivity index (χ0) is 9.84. The molecule has 1 heterocycles. The fraction of sp³-hybridized carbons (Fsp3) is 0.875. The highest BCUT2D eigenvalue weighted by atomic mass is 127. The first-order valence-corrected chi connectivity index (χ1v) is 6.56. The second-order valence-corrected chi connectivity index (χ2v) is 4.57. The molecule has 0 saturated carbocycles. The molecule has 0 aromatic heterocycles. The molecule has 0 radical (unpaired) electrons. The molecular weight excluding hydrogens is 297 g/mol. The van der Waals surface area contributed by atoms with Gasteiger partial charge in [-0.2, -0.15) is 5.01 Å². The van der Waals surface area contributed by atoms with Crippen molar-refractivity contribution in [1.29, 1.82) is 0 Å². The predicted octanol–water partition coefficient (Wildman–Crippen LogP) is 2.00. The minimum Gasteiger partial charge on any atom is -0.291 e. The third-order valence-corrected chi connectivity index (χ3v) is 3.02. The van der Waals surface area contributed by atoms with E-state index in [9.17, 15) is 0 Å². The molecule has 0 aromatic carbocycles. The molecule has 1 aliphatic heterocycles. The minimum absolute atomic E-state index is 0.0181. The third kappa shape index (κ3) is 2.73. The summed E-state index contributed by atoms with van der Waals surface area (Å²) < 4.78 is 1.12. The van der Waals surface area contributed by atoms with Crippen LogP contribution in [0.4, 0.5) is 0 Å². The van der Waals surface area contributed by atoms with Crippen molar-refractivity contribution in [1.82, 2.24) is 10.0 Å². The molecule has 0 fully saturated rings. The third-order valence-electron chi connectivity index (χ3n) is 2.03. The van der Waals surface area contributed by atoms with Crippen LogP contribution >= 0.6 is 35.2 Å². The van der Waals surface area contributed by atoms with Crippen molar-refractivity contribution in [3.63, 3.8) is 0 Å². The summed E-state index contributed by atoms with van der Waals surface area (Å²) in [5, 5.41) is 4.32. The topological polar surface area (TPSA) is 18.8 Å². The number of aliphatic imine (C=N–C) groups is 1. The van der Waals surface area contributed by atoms with E-state index in [0.29, 0.717) is 0 Å². The van der Waals surface area contributed by atoms with Crippen LogP contribution in [0.5, 0.6) is 0 Å². The number of rotatable bonds is 4. The molecule has 5 heteroatoms. The SMILES string of the molecule is CCCN1C(CCI)=NC(S)N1C. The molecule has 76 valence electrons. The summed E-state index contributed by atoms with van der Waals surface area (Å²) in [7, 11) is 2.04. The molecular formula is C8H16IN3S. The highest BCUT2D eigenvalue weighted by Crippen LogP contribution is 2.19. The van der Waals surface area contributed by atoms with Gasteiger partial charge in [-0.05, 0) is 6.42 Å². The molecule has 0 bridgehead atoms. The Bertz CT molecular complexity index is 198. The molecule has 0 aliphatic carbocycles. The number of alkyl halides is 1. The van der Waals surface area contributed by atoms with E-state index >= 15 is 0 Å². The summed E-state index contributed by atoms with van der Waals surface area (Å²) in [5.74, 6) is 1.18. The number of amidine groups is 1. The van der Waals surface area contributed by atoms with Gasteiger partial charge in [0.25, 0.3) is 0 Å². The van der Waals surface area contributed by atoms with Gasteiger partial charge in [0, 0.05) is 24.4 Å². The first-order chi connectivity index (χ1) is 6.20. The largest absolute Gasteiger partial charge is 0.291 e. The Balaban J connectivity index is 2.62. The van der Waals surface area contributed by atoms with E-state index in [-0.39, 0.29) is 5.50 Å². The van der Waals surface area contributed by atoms with E-state index in [2.05, 4.69) is 57.2 Å². The second kappa shape index (κ2) is 5.41. The van der Waals surface area contributed by atoms with E-state index in [0.717, 1.165) is 23.8 Å². The Morgan fingerprint density at radius 2 is 2.31 bits per heavy atom. The lowest BCUT2D eigenvalue weighted by Crippen LogP contribution is -2.41. The standard InChI is InChI=1S/C8H16IN3S/c1-3-6-12-7(4-5-9)10-8(13)11(12)2/h8,13H,3-6H2,1-2H3. The second-order valence-electron chi connectivity index (χ2n) is 3.03. The lowest BCUT2D eigenvalue weighted by molar-refractivity contribution is 0.0901. The highest BCUT2D eigenvalue weighted by Gasteiger charge is 2.26. The molecule has 1 aliphatic rings. The predicted molar refractivity (Wildman–Crippen MR) is 68.5 cm³/mol. The lowest BCUT2D eigenvalue weighted by atomic mass is 10.4. The Labute approximate surface area is 99.1 Å². The van der Waals surface area contributed by atoms with Crippen LogP contribution in [0.2, 0.25) is 0 Å². The van der Waals surface area contributed by atoms with Gasteiger partial charge in [0.15, 0.2) is 5.50 Å². The van der Waals surface area contributed by atoms with Crippen LogP contribution in [0.25, 0.3) is 0 Å². The molecule has 1 unspecified atom stereocenters. The first-order valence-electron chi connectivity index (χ1n) is 4.51. The van der Waals surface area contributed by atoms with Gasteiger partial charge in [0.05, 0.1) is 0 Å². The number of thiol groups is 1. The number of halogens is 1. The lowest BCUT2D eigenvalue weighted by Gasteiger charge is -2.28. The smallest absolute Gasteiger partial charge is 0.164 e. The van der Waals surface area contributed by atoms with E-state index in [4.69, 9.17) is 0 Å². The van der Waals surface area contributed by atoms with Crippen molar-refractivity contribution in [2.75, 3.05) is 18.0 Å². The van der Waals surface area contributed by atoms with Crippen LogP contribution in [0.3, 0.4) is 0 Å². The van der Waals surface area contributed by atoms with Gasteiger partial charge in [-0.15, -0.1) is 12.6 Å². The number of hydrazine groups is 1. The summed E-state index contributed by atoms with van der Waals surface area (Å²) in [6.07, 6.45) is 2.19. The van der Waals surface area contributed by atoms with Gasteiger partial charge in [0.1, 0.15) is 5.84 Å². The van der Waals surface area contributed by atoms with E-state index in [1.165, 1.54) is 5.84 Å². The van der Waals surface area contributed by atoms with E-state index in [1.807, 2.05) is 7.05 Å². The van der Waals surface area contributed by atoms with Crippen molar-refractivity contribution in [2.24, 2.45) is 4.99 Å². The summed E-state index contributed by atoms with van der Waals surface area (Å²) in [4.78, 5) is 4.49. The van der Waals surface area contributed by atoms with Crippen LogP contribution in [0.1, 0.15) is 19.8 Å². The molecule has 13 heavy (non-hydrogen) atoms. The normalized spacial score (nSPS) is 23.8. The van der Waals surface area contributed by atoms with E-state index < -0.39 is 0 Å². The highest BCUT2D eigenvalue weighted by molar-refractivity contribution is 14.1. The summed E-state index contributed by atoms with van der Waals surface area (Å²) in [6, 6.07) is 0. The van der Waals surface area contributed by atoms with Gasteiger partial charge in [-0.25, -0.2) is 4.99 Å². The quantitative estimate of drug-likeness (QED) is 0.486. The minimum atomic E-state index is 0.0181. The van der Waals surface area contributed by atoms with Crippen molar-refractivity contribution in [3.05, 3.63) is 0 Å². The molecule has 1 atom stereocenters. The van der Waals surface area contributed by atoms with Crippen molar-refractivity contribution < 1.29 is 0 Å². The molecule has 0 spiro atoms. The van der Waals surface area contributed by atoms with Gasteiger partial charge in [-0.3, -0.25) is 5.01 Å². The summed E-state index contributed by atoms with van der Waals surface area (Å²) in [5.41, 5.74) is 0.0181. The molecule has 0 aromatic rings. The monoisotopic (exact) mass is 313 g/mol. The Hall–Kier alpha value is 0.510. The molecule has 0 amide bonds. The Morgan fingerprint density at radius 3 is 2.85 bits per heavy atom. The van der Waals surface area contributed by atoms with Crippen LogP contribution < -0.4 is 0 Å². The number of hydrogen-bond acceptors (Lipinski definition) is 4. The molecule has 3 nitrogen and oxygen atoms in total. The average molecular weight is 313 g/mol. The van der Waals surface area contributed by atoms with E-state index in [1.54, 1.807) is 0 Å². The summed E-state index contributed by atoms with van der Waals surface area (Å²) >= 11 is 6.76. The maximum Gasteiger partial charge on any atom is 0.164 e. The van der Waals surface area contributed by atoms with Gasteiger partial charge in [0.2, 0.25) is 0 Å². The van der Waals surface area contributed by atoms with Gasteiger partial charge >= 0.3 is 0 Å². The van der Waals surface area contributed by atoms with Crippen LogP contribution in [0.15, 0.2) is 4.99 Å². The fourth-order valence-corrected chi connectivity index (χ4v) is 2.11. The maximum absolute atomic E-state index is 4.49. The zero-order valence-electron chi connectivity index (χ0n) is 8.07. The number of hydrogen-bond donors (Lipinski definition) is 1. The van der Waals surface area contributed by atoms with Gasteiger partial charge in [-0.1, -0.05) is 29.5 Å². The van der Waals surface area contributed by atoms with Crippen LogP contribution in [-0.4, -0.2) is 39.4 Å². The first kappa shape index (κ1) is 11.6. The summed E-state index contributed by atoms with van der Waals surface area (Å²) in [6.45, 7) is 3.23. The van der Waals surface area contributed by atoms with Crippen LogP contribution in [0, 0.1) is 0 Å².